The Morgan fingerprint density at radius 2 is 1.42 bits per heavy atom. The van der Waals surface area contributed by atoms with Gasteiger partial charge in [0.05, 0.1) is 0 Å². The van der Waals surface area contributed by atoms with E-state index >= 15 is 0 Å². The molecular weight excluding hydrogens is 406 g/mol. The summed E-state index contributed by atoms with van der Waals surface area (Å²) in [5.41, 5.74) is 3.68. The summed E-state index contributed by atoms with van der Waals surface area (Å²) in [6.07, 6.45) is 14.4. The van der Waals surface area contributed by atoms with E-state index in [2.05, 4.69) is 40.7 Å². The standard InChI is InChI=1S/C31H46O2/c1-22(2)12-9-13-23(3)14-10-15-24(4)16-11-17-25(5)20-21-27-26(6)30(32)28-18-7-8-19-29(28)31(27)33/h7-8,18-20,22-24H,9-17,21H2,1-6H3/b25-20+/i32+2. The molecule has 1 aromatic carbocycles. The number of fused-ring (bicyclic) bond motifs is 1. The molecule has 0 amide bonds. The van der Waals surface area contributed by atoms with E-state index in [1.165, 1.54) is 56.9 Å². The summed E-state index contributed by atoms with van der Waals surface area (Å²) in [5.74, 6) is 2.48. The van der Waals surface area contributed by atoms with Gasteiger partial charge in [-0.1, -0.05) is 109 Å². The molecule has 33 heavy (non-hydrogen) atoms. The summed E-state index contributed by atoms with van der Waals surface area (Å²) in [4.78, 5) is 25.5. The van der Waals surface area contributed by atoms with E-state index in [0.717, 1.165) is 24.2 Å². The van der Waals surface area contributed by atoms with Crippen LogP contribution in [0.5, 0.6) is 0 Å². The van der Waals surface area contributed by atoms with Gasteiger partial charge in [0.1, 0.15) is 0 Å². The van der Waals surface area contributed by atoms with Crippen molar-refractivity contribution in [3.05, 3.63) is 58.2 Å². The Hall–Kier alpha value is -1.96. The second-order valence-electron chi connectivity index (χ2n) is 10.9. The van der Waals surface area contributed by atoms with Crippen LogP contribution in [0.3, 0.4) is 0 Å². The summed E-state index contributed by atoms with van der Waals surface area (Å²) in [6.45, 7) is 13.4. The highest BCUT2D eigenvalue weighted by Crippen LogP contribution is 2.29. The van der Waals surface area contributed by atoms with Crippen LogP contribution in [-0.2, 0) is 0 Å². The van der Waals surface area contributed by atoms with Crippen molar-refractivity contribution in [1.29, 1.82) is 0 Å². The molecule has 1 aromatic rings. The fraction of sp³-hybridized carbons (Fsp3) is 0.613. The van der Waals surface area contributed by atoms with Gasteiger partial charge in [-0.05, 0) is 50.9 Å². The third kappa shape index (κ3) is 8.72. The maximum atomic E-state index is 12.9. The van der Waals surface area contributed by atoms with Crippen LogP contribution < -0.4 is 0 Å². The first-order valence-electron chi connectivity index (χ1n) is 13.2. The highest BCUT2D eigenvalue weighted by molar-refractivity contribution is 6.26. The van der Waals surface area contributed by atoms with Crippen molar-refractivity contribution in [2.75, 3.05) is 0 Å². The van der Waals surface area contributed by atoms with Gasteiger partial charge in [-0.25, -0.2) is 0 Å². The number of benzene rings is 1. The number of carbonyl (C=O) groups excluding carboxylic acids is 2. The van der Waals surface area contributed by atoms with Crippen molar-refractivity contribution in [1.82, 2.24) is 0 Å². The van der Waals surface area contributed by atoms with E-state index < -0.39 is 0 Å². The van der Waals surface area contributed by atoms with Gasteiger partial charge in [-0.3, -0.25) is 9.59 Å². The Balaban J connectivity index is 1.71. The maximum absolute atomic E-state index is 12.9. The van der Waals surface area contributed by atoms with Crippen LogP contribution in [0, 0.1) is 17.8 Å². The molecule has 0 saturated carbocycles. The lowest BCUT2D eigenvalue weighted by Gasteiger charge is -2.18. The number of hydrogen-bond acceptors (Lipinski definition) is 2. The van der Waals surface area contributed by atoms with Gasteiger partial charge in [-0.2, -0.15) is 0 Å². The summed E-state index contributed by atoms with van der Waals surface area (Å²) in [6, 6.07) is 7.18. The number of rotatable bonds is 14. The van der Waals surface area contributed by atoms with E-state index in [0.29, 0.717) is 28.7 Å². The molecule has 182 valence electrons. The quantitative estimate of drug-likeness (QED) is 0.208. The highest BCUT2D eigenvalue weighted by Gasteiger charge is 2.28. The molecule has 0 aromatic heterocycles. The minimum Gasteiger partial charge on any atom is -0.289 e. The molecular formula is C31H46O2. The number of Topliss-reactive ketones (excluding diaryl/α,β-unsaturated/α-hetero) is 2. The van der Waals surface area contributed by atoms with Crippen LogP contribution in [0.4, 0.5) is 0 Å². The Kier molecular flexibility index (Phi) is 11.3. The molecule has 2 atom stereocenters. The zero-order valence-corrected chi connectivity index (χ0v) is 22.0. The van der Waals surface area contributed by atoms with Crippen LogP contribution in [-0.4, -0.2) is 11.6 Å². The van der Waals surface area contributed by atoms with Crippen molar-refractivity contribution < 1.29 is 9.59 Å². The monoisotopic (exact) mass is 452 g/mol. The third-order valence-corrected chi connectivity index (χ3v) is 7.28. The molecule has 1 aliphatic rings. The van der Waals surface area contributed by atoms with Crippen LogP contribution in [0.1, 0.15) is 126 Å². The predicted molar refractivity (Wildman–Crippen MR) is 141 cm³/mol. The molecule has 0 N–H and O–H groups in total. The molecule has 2 rings (SSSR count). The number of allylic oxidation sites excluding steroid dienone is 4. The number of carbonyl (C=O) groups is 2. The van der Waals surface area contributed by atoms with Gasteiger partial charge in [0, 0.05) is 22.3 Å². The highest BCUT2D eigenvalue weighted by atomic mass is 18.1. The zero-order chi connectivity index (χ0) is 24.4. The van der Waals surface area contributed by atoms with Crippen molar-refractivity contribution >= 4 is 11.6 Å². The summed E-state index contributed by atoms with van der Waals surface area (Å²) >= 11 is 0. The predicted octanol–water partition coefficient (Wildman–Crippen LogP) is 9.16. The molecule has 0 heterocycles. The Labute approximate surface area is 202 Å². The van der Waals surface area contributed by atoms with Gasteiger partial charge >= 0.3 is 0 Å². The van der Waals surface area contributed by atoms with Crippen molar-refractivity contribution in [3.63, 3.8) is 0 Å². The summed E-state index contributed by atoms with van der Waals surface area (Å²) in [7, 11) is 0. The molecule has 2 nitrogen and oxygen atoms in total. The summed E-state index contributed by atoms with van der Waals surface area (Å²) < 4.78 is 0. The summed E-state index contributed by atoms with van der Waals surface area (Å²) in [5, 5.41) is 0. The van der Waals surface area contributed by atoms with Crippen LogP contribution in [0.2, 0.25) is 0 Å². The Bertz CT molecular complexity index is 855. The van der Waals surface area contributed by atoms with E-state index in [9.17, 15) is 9.59 Å². The van der Waals surface area contributed by atoms with Crippen molar-refractivity contribution in [2.24, 2.45) is 17.8 Å². The fourth-order valence-electron chi connectivity index (χ4n) is 4.88. The average Bonchev–Trinajstić information content (AvgIpc) is 2.77. The fourth-order valence-corrected chi connectivity index (χ4v) is 4.88. The second kappa shape index (κ2) is 13.7. The SMILES string of the molecule is CC1=C(C/C=C(\C)CCCC(C)CCCC(C)CCCC(C)C)C(=O)c2ccccc2C1=[18O]. The smallest absolute Gasteiger partial charge is 0.190 e. The average molecular weight is 453 g/mol. The lowest BCUT2D eigenvalue weighted by atomic mass is 9.83. The lowest BCUT2D eigenvalue weighted by molar-refractivity contribution is 0.0973. The van der Waals surface area contributed by atoms with Crippen LogP contribution in [0.25, 0.3) is 0 Å². The maximum Gasteiger partial charge on any atom is 0.190 e. The van der Waals surface area contributed by atoms with Gasteiger partial charge in [-0.15, -0.1) is 0 Å². The number of ketones is 2. The largest absolute Gasteiger partial charge is 0.289 e. The third-order valence-electron chi connectivity index (χ3n) is 7.28. The molecule has 0 fully saturated rings. The van der Waals surface area contributed by atoms with Gasteiger partial charge in [0.25, 0.3) is 0 Å². The normalized spacial score (nSPS) is 16.4. The first-order chi connectivity index (χ1) is 15.7. The van der Waals surface area contributed by atoms with Gasteiger partial charge < -0.3 is 0 Å². The van der Waals surface area contributed by atoms with Crippen LogP contribution in [0.15, 0.2) is 47.1 Å². The minimum absolute atomic E-state index is 0.00526. The number of hydrogen-bond donors (Lipinski definition) is 0. The molecule has 0 saturated heterocycles. The van der Waals surface area contributed by atoms with E-state index in [-0.39, 0.29) is 11.6 Å². The molecule has 2 heteroatoms. The van der Waals surface area contributed by atoms with Crippen molar-refractivity contribution in [2.45, 2.75) is 106 Å². The first kappa shape index (κ1) is 27.3. The lowest BCUT2D eigenvalue weighted by Crippen LogP contribution is -2.20. The molecule has 2 unspecified atom stereocenters. The van der Waals surface area contributed by atoms with E-state index in [1.54, 1.807) is 19.1 Å². The first-order valence-corrected chi connectivity index (χ1v) is 13.2. The van der Waals surface area contributed by atoms with Crippen molar-refractivity contribution in [3.8, 4) is 0 Å². The molecule has 1 aliphatic carbocycles. The van der Waals surface area contributed by atoms with E-state index in [4.69, 9.17) is 0 Å². The molecule has 0 bridgehead atoms. The van der Waals surface area contributed by atoms with Gasteiger partial charge in [0.15, 0.2) is 11.6 Å². The topological polar surface area (TPSA) is 34.1 Å². The van der Waals surface area contributed by atoms with Gasteiger partial charge in [0.2, 0.25) is 0 Å². The zero-order valence-electron chi connectivity index (χ0n) is 22.0. The Morgan fingerprint density at radius 3 is 2.03 bits per heavy atom. The Morgan fingerprint density at radius 1 is 0.879 bits per heavy atom. The minimum atomic E-state index is -0.00526. The van der Waals surface area contributed by atoms with E-state index in [1.807, 2.05) is 12.1 Å². The second-order valence-corrected chi connectivity index (χ2v) is 10.9. The molecule has 0 radical (unpaired) electrons. The molecule has 0 spiro atoms. The molecule has 0 aliphatic heterocycles. The van der Waals surface area contributed by atoms with Crippen LogP contribution >= 0.6 is 0 Å².